The molecule has 4 rings (SSSR count). The third-order valence-corrected chi connectivity index (χ3v) is 6.82. The normalized spacial score (nSPS) is 16.2. The molecule has 1 fully saturated rings. The minimum absolute atomic E-state index is 0.194. The second-order valence-corrected chi connectivity index (χ2v) is 9.03. The molecule has 0 N–H and O–H groups in total. The highest BCUT2D eigenvalue weighted by atomic mass is 35.5. The van der Waals surface area contributed by atoms with Gasteiger partial charge in [-0.1, -0.05) is 22.8 Å². The minimum Gasteiger partial charge on any atom is -0.338 e. The molecule has 7 nitrogen and oxygen atoms in total. The number of hydrogen-bond acceptors (Lipinski definition) is 6. The second-order valence-electron chi connectivity index (χ2n) is 6.66. The van der Waals surface area contributed by atoms with Crippen molar-refractivity contribution in [1.29, 1.82) is 0 Å². The molecule has 2 heterocycles. The van der Waals surface area contributed by atoms with Crippen LogP contribution < -0.4 is 0 Å². The zero-order valence-corrected chi connectivity index (χ0v) is 16.9. The van der Waals surface area contributed by atoms with Crippen LogP contribution >= 0.6 is 11.6 Å². The summed E-state index contributed by atoms with van der Waals surface area (Å²) in [6.07, 6.45) is 0. The monoisotopic (exact) mass is 436 g/mol. The van der Waals surface area contributed by atoms with Gasteiger partial charge in [0.15, 0.2) is 0 Å². The zero-order valence-electron chi connectivity index (χ0n) is 15.3. The number of hydrogen-bond donors (Lipinski definition) is 0. The van der Waals surface area contributed by atoms with Crippen molar-refractivity contribution < 1.29 is 17.3 Å². The van der Waals surface area contributed by atoms with Gasteiger partial charge in [-0.3, -0.25) is 4.90 Å². The van der Waals surface area contributed by atoms with Gasteiger partial charge in [0.1, 0.15) is 5.82 Å². The molecule has 1 aromatic heterocycles. The van der Waals surface area contributed by atoms with Crippen molar-refractivity contribution in [3.8, 4) is 11.4 Å². The molecule has 1 aliphatic heterocycles. The molecule has 0 atom stereocenters. The maximum atomic E-state index is 13.0. The van der Waals surface area contributed by atoms with Crippen LogP contribution in [0, 0.1) is 5.82 Å². The molecule has 0 amide bonds. The van der Waals surface area contributed by atoms with Gasteiger partial charge in [-0.25, -0.2) is 12.8 Å². The molecule has 1 aliphatic rings. The van der Waals surface area contributed by atoms with Crippen molar-refractivity contribution in [2.75, 3.05) is 26.2 Å². The lowest BCUT2D eigenvalue weighted by atomic mass is 10.2. The summed E-state index contributed by atoms with van der Waals surface area (Å²) in [6, 6.07) is 12.1. The highest BCUT2D eigenvalue weighted by Gasteiger charge is 2.29. The summed E-state index contributed by atoms with van der Waals surface area (Å²) >= 11 is 5.92. The van der Waals surface area contributed by atoms with E-state index in [9.17, 15) is 12.8 Å². The predicted octanol–water partition coefficient (Wildman–Crippen LogP) is 3.04. The van der Waals surface area contributed by atoms with Crippen molar-refractivity contribution >= 4 is 21.6 Å². The Morgan fingerprint density at radius 3 is 2.48 bits per heavy atom. The fourth-order valence-electron chi connectivity index (χ4n) is 3.13. The Morgan fingerprint density at radius 2 is 1.79 bits per heavy atom. The smallest absolute Gasteiger partial charge is 0.243 e. The summed E-state index contributed by atoms with van der Waals surface area (Å²) in [5.41, 5.74) is 0.666. The summed E-state index contributed by atoms with van der Waals surface area (Å²) in [6.45, 7) is 2.20. The van der Waals surface area contributed by atoms with Crippen LogP contribution in [0.5, 0.6) is 0 Å². The molecular formula is C19H18ClFN4O3S. The Morgan fingerprint density at radius 1 is 1.07 bits per heavy atom. The standard InChI is InChI=1S/C19H18ClFN4O3S/c20-15-2-1-3-17(12-15)29(26,27)25-10-8-24(9-11-25)13-18-22-19(23-28-18)14-4-6-16(21)7-5-14/h1-7,12H,8-11,13H2. The third kappa shape index (κ3) is 4.48. The average Bonchev–Trinajstić information content (AvgIpc) is 3.17. The van der Waals surface area contributed by atoms with E-state index in [1.54, 1.807) is 30.3 Å². The van der Waals surface area contributed by atoms with E-state index >= 15 is 0 Å². The van der Waals surface area contributed by atoms with Gasteiger partial charge in [-0.2, -0.15) is 9.29 Å². The number of nitrogens with zero attached hydrogens (tertiary/aromatic N) is 4. The Kier molecular flexibility index (Phi) is 5.64. The van der Waals surface area contributed by atoms with E-state index in [1.807, 2.05) is 4.90 Å². The van der Waals surface area contributed by atoms with Crippen LogP contribution in [0.15, 0.2) is 57.9 Å². The summed E-state index contributed by atoms with van der Waals surface area (Å²) in [4.78, 5) is 6.58. The lowest BCUT2D eigenvalue weighted by molar-refractivity contribution is 0.163. The summed E-state index contributed by atoms with van der Waals surface area (Å²) in [5.74, 6) is 0.487. The maximum Gasteiger partial charge on any atom is 0.243 e. The number of rotatable bonds is 5. The Balaban J connectivity index is 1.37. The van der Waals surface area contributed by atoms with Gasteiger partial charge in [0.05, 0.1) is 11.4 Å². The van der Waals surface area contributed by atoms with Crippen molar-refractivity contribution in [3.05, 3.63) is 65.3 Å². The lowest BCUT2D eigenvalue weighted by Gasteiger charge is -2.33. The van der Waals surface area contributed by atoms with Gasteiger partial charge in [-0.15, -0.1) is 0 Å². The van der Waals surface area contributed by atoms with Crippen molar-refractivity contribution in [1.82, 2.24) is 19.3 Å². The molecule has 2 aromatic carbocycles. The molecule has 0 bridgehead atoms. The molecule has 0 aliphatic carbocycles. The number of aromatic nitrogens is 2. The van der Waals surface area contributed by atoms with Gasteiger partial charge in [0.25, 0.3) is 0 Å². The molecule has 10 heteroatoms. The first-order valence-corrected chi connectivity index (χ1v) is 10.8. The van der Waals surface area contributed by atoms with E-state index in [0.29, 0.717) is 55.0 Å². The van der Waals surface area contributed by atoms with Crippen molar-refractivity contribution in [2.45, 2.75) is 11.4 Å². The minimum atomic E-state index is -3.58. The Hall–Kier alpha value is -2.33. The van der Waals surface area contributed by atoms with Crippen LogP contribution in [0.2, 0.25) is 5.02 Å². The van der Waals surface area contributed by atoms with Crippen LogP contribution in [0.1, 0.15) is 5.89 Å². The lowest BCUT2D eigenvalue weighted by Crippen LogP contribution is -2.48. The van der Waals surface area contributed by atoms with E-state index in [-0.39, 0.29) is 10.7 Å². The molecule has 3 aromatic rings. The number of sulfonamides is 1. The highest BCUT2D eigenvalue weighted by Crippen LogP contribution is 2.22. The van der Waals surface area contributed by atoms with Crippen LogP contribution in [0.25, 0.3) is 11.4 Å². The number of halogens is 2. The third-order valence-electron chi connectivity index (χ3n) is 4.69. The fraction of sp³-hybridized carbons (Fsp3) is 0.263. The topological polar surface area (TPSA) is 79.5 Å². The Bertz CT molecular complexity index is 1100. The van der Waals surface area contributed by atoms with Crippen LogP contribution in [-0.2, 0) is 16.6 Å². The van der Waals surface area contributed by atoms with E-state index in [1.165, 1.54) is 22.5 Å². The molecule has 29 heavy (non-hydrogen) atoms. The first-order chi connectivity index (χ1) is 13.9. The molecule has 152 valence electrons. The van der Waals surface area contributed by atoms with Gasteiger partial charge >= 0.3 is 0 Å². The van der Waals surface area contributed by atoms with Crippen molar-refractivity contribution in [3.63, 3.8) is 0 Å². The van der Waals surface area contributed by atoms with Crippen LogP contribution in [0.4, 0.5) is 4.39 Å². The first-order valence-electron chi connectivity index (χ1n) is 8.98. The average molecular weight is 437 g/mol. The summed E-state index contributed by atoms with van der Waals surface area (Å²) in [7, 11) is -3.58. The molecule has 0 unspecified atom stereocenters. The predicted molar refractivity (Wildman–Crippen MR) is 105 cm³/mol. The maximum absolute atomic E-state index is 13.0. The molecule has 0 radical (unpaired) electrons. The highest BCUT2D eigenvalue weighted by molar-refractivity contribution is 7.89. The molecular weight excluding hydrogens is 419 g/mol. The molecule has 0 saturated carbocycles. The molecule has 1 saturated heterocycles. The van der Waals surface area contributed by atoms with E-state index in [4.69, 9.17) is 16.1 Å². The van der Waals surface area contributed by atoms with E-state index in [2.05, 4.69) is 10.1 Å². The van der Waals surface area contributed by atoms with Gasteiger partial charge in [-0.05, 0) is 42.5 Å². The summed E-state index contributed by atoms with van der Waals surface area (Å²) in [5, 5.41) is 4.32. The SMILES string of the molecule is O=S(=O)(c1cccc(Cl)c1)N1CCN(Cc2nc(-c3ccc(F)cc3)no2)CC1. The summed E-state index contributed by atoms with van der Waals surface area (Å²) < 4.78 is 45.3. The van der Waals surface area contributed by atoms with E-state index in [0.717, 1.165) is 0 Å². The zero-order chi connectivity index (χ0) is 20.4. The largest absolute Gasteiger partial charge is 0.338 e. The molecule has 0 spiro atoms. The van der Waals surface area contributed by atoms with Crippen LogP contribution in [-0.4, -0.2) is 53.9 Å². The van der Waals surface area contributed by atoms with Gasteiger partial charge in [0, 0.05) is 36.8 Å². The Labute approximate surface area is 172 Å². The number of piperazine rings is 1. The number of benzene rings is 2. The van der Waals surface area contributed by atoms with Gasteiger partial charge < -0.3 is 4.52 Å². The first kappa shape index (κ1) is 20.0. The van der Waals surface area contributed by atoms with Crippen LogP contribution in [0.3, 0.4) is 0 Å². The second kappa shape index (κ2) is 8.19. The van der Waals surface area contributed by atoms with Crippen molar-refractivity contribution in [2.24, 2.45) is 0 Å². The van der Waals surface area contributed by atoms with E-state index < -0.39 is 10.0 Å². The van der Waals surface area contributed by atoms with Gasteiger partial charge in [0.2, 0.25) is 21.7 Å². The quantitative estimate of drug-likeness (QED) is 0.611. The fourth-order valence-corrected chi connectivity index (χ4v) is 4.85.